The van der Waals surface area contributed by atoms with Crippen LogP contribution in [-0.4, -0.2) is 20.8 Å². The van der Waals surface area contributed by atoms with Crippen LogP contribution in [0.1, 0.15) is 16.2 Å². The predicted octanol–water partition coefficient (Wildman–Crippen LogP) is 2.01. The number of rotatable bonds is 3. The maximum Gasteiger partial charge on any atom is 0.345 e. The number of pyridine rings is 1. The van der Waals surface area contributed by atoms with E-state index >= 15 is 0 Å². The second kappa shape index (κ2) is 4.88. The number of hydrogen-bond acceptors (Lipinski definition) is 6. The molecule has 0 spiro atoms. The van der Waals surface area contributed by atoms with Crippen LogP contribution in [0, 0.1) is 17.0 Å². The van der Waals surface area contributed by atoms with Crippen LogP contribution in [0.25, 0.3) is 0 Å². The molecule has 0 aliphatic rings. The van der Waals surface area contributed by atoms with E-state index < -0.39 is 10.8 Å². The van der Waals surface area contributed by atoms with Gasteiger partial charge >= 0.3 is 5.00 Å². The van der Waals surface area contributed by atoms with E-state index in [4.69, 9.17) is 0 Å². The van der Waals surface area contributed by atoms with Gasteiger partial charge in [-0.2, -0.15) is 0 Å². The van der Waals surface area contributed by atoms with Crippen molar-refractivity contribution in [1.29, 1.82) is 0 Å². The lowest BCUT2D eigenvalue weighted by molar-refractivity contribution is -0.380. The fourth-order valence-electron chi connectivity index (χ4n) is 1.24. The zero-order chi connectivity index (χ0) is 13.1. The molecular formula is C10H8N4O3S. The molecule has 0 unspecified atom stereocenters. The highest BCUT2D eigenvalue weighted by Gasteiger charge is 2.14. The minimum atomic E-state index is -0.557. The number of nitrogens with one attached hydrogen (secondary N) is 1. The van der Waals surface area contributed by atoms with Gasteiger partial charge < -0.3 is 0 Å². The molecule has 2 aromatic rings. The fraction of sp³-hybridized carbons (Fsp3) is 0.100. The van der Waals surface area contributed by atoms with E-state index in [1.165, 1.54) is 0 Å². The molecule has 1 N–H and O–H groups in total. The molecule has 2 heterocycles. The summed E-state index contributed by atoms with van der Waals surface area (Å²) in [6.45, 7) is 1.77. The van der Waals surface area contributed by atoms with Gasteiger partial charge in [-0.05, 0) is 30.4 Å². The lowest BCUT2D eigenvalue weighted by atomic mass is 10.3. The van der Waals surface area contributed by atoms with Crippen molar-refractivity contribution in [3.63, 3.8) is 0 Å². The highest BCUT2D eigenvalue weighted by atomic mass is 32.1. The van der Waals surface area contributed by atoms with Crippen molar-refractivity contribution in [3.05, 3.63) is 45.9 Å². The summed E-state index contributed by atoms with van der Waals surface area (Å²) in [6.07, 6.45) is 1.10. The van der Waals surface area contributed by atoms with E-state index in [2.05, 4.69) is 15.3 Å². The molecule has 0 saturated heterocycles. The molecule has 0 aliphatic carbocycles. The van der Waals surface area contributed by atoms with Crippen LogP contribution in [0.5, 0.6) is 0 Å². The predicted molar refractivity (Wildman–Crippen MR) is 65.7 cm³/mol. The number of carbonyl (C=O) groups excluding carboxylic acids is 1. The Labute approximate surface area is 106 Å². The normalized spacial score (nSPS) is 10.1. The van der Waals surface area contributed by atoms with Crippen molar-refractivity contribution in [2.24, 2.45) is 0 Å². The first-order valence-corrected chi connectivity index (χ1v) is 5.73. The Morgan fingerprint density at radius 3 is 2.89 bits per heavy atom. The average molecular weight is 264 g/mol. The summed E-state index contributed by atoms with van der Waals surface area (Å²) in [5.74, 6) is -0.442. The van der Waals surface area contributed by atoms with E-state index in [0.717, 1.165) is 17.5 Å². The first-order chi connectivity index (χ1) is 8.56. The van der Waals surface area contributed by atoms with Crippen LogP contribution >= 0.6 is 11.3 Å². The van der Waals surface area contributed by atoms with Crippen molar-refractivity contribution in [1.82, 2.24) is 9.97 Å². The number of nitro groups is 1. The Morgan fingerprint density at radius 1 is 1.50 bits per heavy atom. The van der Waals surface area contributed by atoms with Gasteiger partial charge in [-0.15, -0.1) is 0 Å². The van der Waals surface area contributed by atoms with Gasteiger partial charge in [0, 0.05) is 5.69 Å². The third-order valence-electron chi connectivity index (χ3n) is 2.01. The SMILES string of the molecule is Cc1cccc(C(=O)Nc2ncc([N+](=O)[O-])s2)n1. The average Bonchev–Trinajstić information content (AvgIpc) is 2.77. The second-order valence-electron chi connectivity index (χ2n) is 3.38. The number of aryl methyl sites for hydroxylation is 1. The standard InChI is InChI=1S/C10H8N4O3S/c1-6-3-2-4-7(12-6)9(15)13-10-11-5-8(18-10)14(16)17/h2-5H,1H3,(H,11,13,15). The zero-order valence-electron chi connectivity index (χ0n) is 9.28. The molecule has 8 heteroatoms. The molecular weight excluding hydrogens is 256 g/mol. The van der Waals surface area contributed by atoms with Gasteiger partial charge in [0.05, 0.1) is 4.92 Å². The molecule has 18 heavy (non-hydrogen) atoms. The molecule has 92 valence electrons. The minimum Gasteiger partial charge on any atom is -0.296 e. The Balaban J connectivity index is 2.13. The minimum absolute atomic E-state index is 0.123. The summed E-state index contributed by atoms with van der Waals surface area (Å²) in [5.41, 5.74) is 0.959. The number of thiazole rings is 1. The maximum atomic E-state index is 11.8. The van der Waals surface area contributed by atoms with Crippen LogP contribution < -0.4 is 5.32 Å². The monoisotopic (exact) mass is 264 g/mol. The molecule has 0 saturated carbocycles. The van der Waals surface area contributed by atoms with E-state index in [9.17, 15) is 14.9 Å². The molecule has 1 amide bonds. The van der Waals surface area contributed by atoms with Gasteiger partial charge in [0.2, 0.25) is 0 Å². The number of carbonyl (C=O) groups is 1. The molecule has 7 nitrogen and oxygen atoms in total. The van der Waals surface area contributed by atoms with Gasteiger partial charge in [0.1, 0.15) is 11.9 Å². The highest BCUT2D eigenvalue weighted by Crippen LogP contribution is 2.25. The van der Waals surface area contributed by atoms with E-state index in [-0.39, 0.29) is 15.8 Å². The molecule has 0 aliphatic heterocycles. The summed E-state index contributed by atoms with van der Waals surface area (Å²) in [4.78, 5) is 29.5. The van der Waals surface area contributed by atoms with Crippen LogP contribution in [0.3, 0.4) is 0 Å². The molecule has 2 aromatic heterocycles. The Bertz CT molecular complexity index is 611. The Morgan fingerprint density at radius 2 is 2.28 bits per heavy atom. The number of hydrogen-bond donors (Lipinski definition) is 1. The smallest absolute Gasteiger partial charge is 0.296 e. The maximum absolute atomic E-state index is 11.8. The Kier molecular flexibility index (Phi) is 3.28. The van der Waals surface area contributed by atoms with Crippen molar-refractivity contribution < 1.29 is 9.72 Å². The van der Waals surface area contributed by atoms with Crippen molar-refractivity contribution >= 4 is 27.4 Å². The van der Waals surface area contributed by atoms with Gasteiger partial charge in [0.25, 0.3) is 5.91 Å². The molecule has 0 aromatic carbocycles. The lowest BCUT2D eigenvalue weighted by Crippen LogP contribution is -2.13. The van der Waals surface area contributed by atoms with Crippen LogP contribution in [-0.2, 0) is 0 Å². The molecule has 2 rings (SSSR count). The van der Waals surface area contributed by atoms with Crippen molar-refractivity contribution in [2.75, 3.05) is 5.32 Å². The van der Waals surface area contributed by atoms with Crippen LogP contribution in [0.4, 0.5) is 10.1 Å². The number of amides is 1. The third kappa shape index (κ3) is 2.66. The topological polar surface area (TPSA) is 98.0 Å². The summed E-state index contributed by atoms with van der Waals surface area (Å²) in [5, 5.41) is 13.0. The number of nitrogens with zero attached hydrogens (tertiary/aromatic N) is 3. The molecule has 0 atom stereocenters. The van der Waals surface area contributed by atoms with Crippen LogP contribution in [0.15, 0.2) is 24.4 Å². The summed E-state index contributed by atoms with van der Waals surface area (Å²) < 4.78 is 0. The van der Waals surface area contributed by atoms with E-state index in [1.54, 1.807) is 25.1 Å². The van der Waals surface area contributed by atoms with Gasteiger partial charge in [0.15, 0.2) is 5.13 Å². The van der Waals surface area contributed by atoms with E-state index in [0.29, 0.717) is 5.69 Å². The third-order valence-corrected chi connectivity index (χ3v) is 2.88. The van der Waals surface area contributed by atoms with Gasteiger partial charge in [-0.25, -0.2) is 9.97 Å². The fourth-order valence-corrected chi connectivity index (χ4v) is 1.87. The Hall–Kier alpha value is -2.35. The van der Waals surface area contributed by atoms with Gasteiger partial charge in [-0.1, -0.05) is 6.07 Å². The van der Waals surface area contributed by atoms with Crippen molar-refractivity contribution in [2.45, 2.75) is 6.92 Å². The molecule has 0 fully saturated rings. The number of aromatic nitrogens is 2. The zero-order valence-corrected chi connectivity index (χ0v) is 10.1. The quantitative estimate of drug-likeness (QED) is 0.675. The summed E-state index contributed by atoms with van der Waals surface area (Å²) in [7, 11) is 0. The highest BCUT2D eigenvalue weighted by molar-refractivity contribution is 7.18. The largest absolute Gasteiger partial charge is 0.345 e. The second-order valence-corrected chi connectivity index (χ2v) is 4.39. The van der Waals surface area contributed by atoms with E-state index in [1.807, 2.05) is 0 Å². The molecule has 0 bridgehead atoms. The summed E-state index contributed by atoms with van der Waals surface area (Å²) in [6, 6.07) is 5.04. The van der Waals surface area contributed by atoms with Gasteiger partial charge in [-0.3, -0.25) is 20.2 Å². The first-order valence-electron chi connectivity index (χ1n) is 4.91. The van der Waals surface area contributed by atoms with Crippen molar-refractivity contribution in [3.8, 4) is 0 Å². The first kappa shape index (κ1) is 12.1. The molecule has 0 radical (unpaired) electrons. The van der Waals surface area contributed by atoms with Crippen LogP contribution in [0.2, 0.25) is 0 Å². The number of anilines is 1. The summed E-state index contributed by atoms with van der Waals surface area (Å²) >= 11 is 0.798. The lowest BCUT2D eigenvalue weighted by Gasteiger charge is -2.00.